The zero-order valence-corrected chi connectivity index (χ0v) is 13.6. The number of carbonyl (C=O) groups is 1. The third-order valence-electron chi connectivity index (χ3n) is 3.27. The smallest absolute Gasteiger partial charge is 0.410 e. The van der Waals surface area contributed by atoms with Gasteiger partial charge < -0.3 is 14.7 Å². The number of benzene rings is 1. The average Bonchev–Trinajstić information content (AvgIpc) is 2.75. The van der Waals surface area contributed by atoms with Gasteiger partial charge in [0.15, 0.2) is 0 Å². The summed E-state index contributed by atoms with van der Waals surface area (Å²) in [5.74, 6) is 0.436. The molecule has 0 spiro atoms. The summed E-state index contributed by atoms with van der Waals surface area (Å²) in [6.07, 6.45) is 0.561. The molecule has 0 saturated carbocycles. The first kappa shape index (κ1) is 15.2. The molecule has 1 amide bonds. The van der Waals surface area contributed by atoms with Gasteiger partial charge in [0.25, 0.3) is 0 Å². The van der Waals surface area contributed by atoms with E-state index in [4.69, 9.17) is 4.74 Å². The fourth-order valence-electron chi connectivity index (χ4n) is 2.37. The fraction of sp³-hybridized carbons (Fsp3) is 0.533. The van der Waals surface area contributed by atoms with Crippen molar-refractivity contribution in [3.05, 3.63) is 28.2 Å². The van der Waals surface area contributed by atoms with Crippen molar-refractivity contribution in [2.75, 3.05) is 13.1 Å². The van der Waals surface area contributed by atoms with Crippen LogP contribution < -0.4 is 0 Å². The Labute approximate surface area is 127 Å². The first-order valence-electron chi connectivity index (χ1n) is 6.72. The molecule has 1 fully saturated rings. The highest BCUT2D eigenvalue weighted by molar-refractivity contribution is 9.10. The van der Waals surface area contributed by atoms with Crippen molar-refractivity contribution in [3.63, 3.8) is 0 Å². The molecule has 1 aliphatic heterocycles. The lowest BCUT2D eigenvalue weighted by atomic mass is 9.97. The molecule has 1 aliphatic rings. The Bertz CT molecular complexity index is 510. The molecule has 1 N–H and O–H groups in total. The van der Waals surface area contributed by atoms with Crippen LogP contribution in [0.5, 0.6) is 5.75 Å². The minimum Gasteiger partial charge on any atom is -0.508 e. The van der Waals surface area contributed by atoms with E-state index >= 15 is 0 Å². The number of aromatic hydroxyl groups is 1. The van der Waals surface area contributed by atoms with E-state index in [1.165, 1.54) is 0 Å². The highest BCUT2D eigenvalue weighted by atomic mass is 79.9. The Morgan fingerprint density at radius 1 is 1.45 bits per heavy atom. The molecule has 110 valence electrons. The fourth-order valence-corrected chi connectivity index (χ4v) is 2.72. The van der Waals surface area contributed by atoms with Gasteiger partial charge in [0.05, 0.1) is 0 Å². The van der Waals surface area contributed by atoms with E-state index in [9.17, 15) is 9.90 Å². The number of hydrogen-bond donors (Lipinski definition) is 1. The summed E-state index contributed by atoms with van der Waals surface area (Å²) < 4.78 is 6.22. The van der Waals surface area contributed by atoms with Crippen molar-refractivity contribution >= 4 is 22.0 Å². The van der Waals surface area contributed by atoms with Gasteiger partial charge in [0, 0.05) is 23.5 Å². The van der Waals surface area contributed by atoms with Gasteiger partial charge in [-0.25, -0.2) is 4.79 Å². The minimum absolute atomic E-state index is 0.163. The third-order valence-corrected chi connectivity index (χ3v) is 3.77. The van der Waals surface area contributed by atoms with Crippen LogP contribution in [0.2, 0.25) is 0 Å². The zero-order valence-electron chi connectivity index (χ0n) is 12.0. The highest BCUT2D eigenvalue weighted by Crippen LogP contribution is 2.35. The maximum absolute atomic E-state index is 12.0. The Hall–Kier alpha value is -1.23. The normalized spacial score (nSPS) is 19.2. The van der Waals surface area contributed by atoms with Crippen LogP contribution in [0.15, 0.2) is 22.7 Å². The van der Waals surface area contributed by atoms with E-state index in [0.29, 0.717) is 13.1 Å². The predicted molar refractivity (Wildman–Crippen MR) is 81.0 cm³/mol. The zero-order chi connectivity index (χ0) is 14.9. The van der Waals surface area contributed by atoms with E-state index < -0.39 is 5.60 Å². The van der Waals surface area contributed by atoms with E-state index in [-0.39, 0.29) is 17.8 Å². The Morgan fingerprint density at radius 2 is 2.15 bits per heavy atom. The molecule has 4 nitrogen and oxygen atoms in total. The summed E-state index contributed by atoms with van der Waals surface area (Å²) in [5.41, 5.74) is 0.411. The molecule has 1 heterocycles. The molecule has 5 heteroatoms. The molecule has 2 rings (SSSR count). The van der Waals surface area contributed by atoms with E-state index in [0.717, 1.165) is 16.5 Å². The SMILES string of the molecule is CC(C)(C)OC(=O)N1CC[C@@H](c2ccc(Br)cc2O)C1. The Kier molecular flexibility index (Phi) is 4.28. The van der Waals surface area contributed by atoms with Crippen LogP contribution in [0.3, 0.4) is 0 Å². The Morgan fingerprint density at radius 3 is 2.75 bits per heavy atom. The van der Waals surface area contributed by atoms with E-state index in [2.05, 4.69) is 15.9 Å². The standard InChI is InChI=1S/C15H20BrNO3/c1-15(2,3)20-14(19)17-7-6-10(9-17)12-5-4-11(16)8-13(12)18/h4-5,8,10,18H,6-7,9H2,1-3H3/t10-/m1/s1. The number of hydrogen-bond acceptors (Lipinski definition) is 3. The van der Waals surface area contributed by atoms with Crippen LogP contribution in [0.4, 0.5) is 4.79 Å². The first-order chi connectivity index (χ1) is 9.26. The van der Waals surface area contributed by atoms with Crippen LogP contribution >= 0.6 is 15.9 Å². The molecule has 1 saturated heterocycles. The van der Waals surface area contributed by atoms with E-state index in [1.54, 1.807) is 11.0 Å². The van der Waals surface area contributed by atoms with Crippen molar-refractivity contribution < 1.29 is 14.6 Å². The van der Waals surface area contributed by atoms with Gasteiger partial charge in [-0.3, -0.25) is 0 Å². The quantitative estimate of drug-likeness (QED) is 0.843. The van der Waals surface area contributed by atoms with Crippen LogP contribution in [-0.2, 0) is 4.74 Å². The summed E-state index contributed by atoms with van der Waals surface area (Å²) in [7, 11) is 0. The lowest BCUT2D eigenvalue weighted by molar-refractivity contribution is 0.0292. The second-order valence-corrected chi connectivity index (χ2v) is 7.03. The molecule has 20 heavy (non-hydrogen) atoms. The number of halogens is 1. The van der Waals surface area contributed by atoms with Crippen LogP contribution in [0.1, 0.15) is 38.7 Å². The molecular weight excluding hydrogens is 322 g/mol. The van der Waals surface area contributed by atoms with Crippen LogP contribution in [0.25, 0.3) is 0 Å². The number of phenols is 1. The largest absolute Gasteiger partial charge is 0.508 e. The number of carbonyl (C=O) groups excluding carboxylic acids is 1. The summed E-state index contributed by atoms with van der Waals surface area (Å²) in [6.45, 7) is 6.83. The van der Waals surface area contributed by atoms with Crippen LogP contribution in [0, 0.1) is 0 Å². The highest BCUT2D eigenvalue weighted by Gasteiger charge is 2.31. The number of phenolic OH excluding ortho intramolecular Hbond substituents is 1. The number of rotatable bonds is 1. The van der Waals surface area contributed by atoms with Gasteiger partial charge in [-0.2, -0.15) is 0 Å². The average molecular weight is 342 g/mol. The summed E-state index contributed by atoms with van der Waals surface area (Å²) >= 11 is 3.33. The van der Waals surface area contributed by atoms with Gasteiger partial charge in [-0.15, -0.1) is 0 Å². The molecule has 1 aromatic carbocycles. The van der Waals surface area contributed by atoms with Crippen molar-refractivity contribution in [2.45, 2.75) is 38.7 Å². The molecule has 0 bridgehead atoms. The first-order valence-corrected chi connectivity index (χ1v) is 7.52. The lowest BCUT2D eigenvalue weighted by Crippen LogP contribution is -2.35. The summed E-state index contributed by atoms with van der Waals surface area (Å²) in [6, 6.07) is 5.50. The number of likely N-dealkylation sites (tertiary alicyclic amines) is 1. The molecule has 0 aliphatic carbocycles. The molecule has 1 aromatic rings. The van der Waals surface area contributed by atoms with E-state index in [1.807, 2.05) is 32.9 Å². The minimum atomic E-state index is -0.477. The maximum Gasteiger partial charge on any atom is 0.410 e. The van der Waals surface area contributed by atoms with Crippen molar-refractivity contribution in [1.82, 2.24) is 4.90 Å². The molecule has 0 radical (unpaired) electrons. The Balaban J connectivity index is 2.03. The van der Waals surface area contributed by atoms with Crippen molar-refractivity contribution in [3.8, 4) is 5.75 Å². The third kappa shape index (κ3) is 3.66. The summed E-state index contributed by atoms with van der Waals surface area (Å²) in [5, 5.41) is 10.00. The van der Waals surface area contributed by atoms with Gasteiger partial charge in [0.2, 0.25) is 0 Å². The molecule has 0 unspecified atom stereocenters. The van der Waals surface area contributed by atoms with Crippen molar-refractivity contribution in [2.24, 2.45) is 0 Å². The monoisotopic (exact) mass is 341 g/mol. The molecule has 1 atom stereocenters. The second-order valence-electron chi connectivity index (χ2n) is 6.12. The summed E-state index contributed by atoms with van der Waals surface area (Å²) in [4.78, 5) is 13.7. The van der Waals surface area contributed by atoms with Gasteiger partial charge in [-0.05, 0) is 44.9 Å². The number of amides is 1. The maximum atomic E-state index is 12.0. The second kappa shape index (κ2) is 5.64. The number of nitrogens with zero attached hydrogens (tertiary/aromatic N) is 1. The predicted octanol–water partition coefficient (Wildman–Crippen LogP) is 3.88. The van der Waals surface area contributed by atoms with Gasteiger partial charge in [-0.1, -0.05) is 22.0 Å². The van der Waals surface area contributed by atoms with Gasteiger partial charge in [0.1, 0.15) is 11.4 Å². The van der Waals surface area contributed by atoms with Crippen molar-refractivity contribution in [1.29, 1.82) is 0 Å². The molecule has 0 aromatic heterocycles. The van der Waals surface area contributed by atoms with Crippen LogP contribution in [-0.4, -0.2) is 34.8 Å². The lowest BCUT2D eigenvalue weighted by Gasteiger charge is -2.24. The topological polar surface area (TPSA) is 49.8 Å². The number of ether oxygens (including phenoxy) is 1. The molecular formula is C15H20BrNO3. The van der Waals surface area contributed by atoms with Gasteiger partial charge >= 0.3 is 6.09 Å².